The summed E-state index contributed by atoms with van der Waals surface area (Å²) < 4.78 is 0. The molecule has 1 N–H and O–H groups in total. The summed E-state index contributed by atoms with van der Waals surface area (Å²) in [5, 5.41) is 7.45. The molecule has 1 heterocycles. The molecule has 1 fully saturated rings. The molecule has 0 aliphatic heterocycles. The number of hydrogen-bond acceptors (Lipinski definition) is 4. The molecule has 5 nitrogen and oxygen atoms in total. The molecule has 23 heavy (non-hydrogen) atoms. The summed E-state index contributed by atoms with van der Waals surface area (Å²) in [7, 11) is 1.92. The van der Waals surface area contributed by atoms with E-state index in [0.717, 1.165) is 22.8 Å². The normalized spacial score (nSPS) is 15.0. The van der Waals surface area contributed by atoms with Gasteiger partial charge in [0, 0.05) is 24.9 Å². The molecular weight excluding hydrogens is 308 g/mol. The zero-order chi connectivity index (χ0) is 16.1. The van der Waals surface area contributed by atoms with Crippen LogP contribution in [-0.2, 0) is 5.75 Å². The average Bonchev–Trinajstić information content (AvgIpc) is 3.26. The molecule has 1 amide bonds. The maximum Gasteiger partial charge on any atom is 0.253 e. The number of amides is 1. The van der Waals surface area contributed by atoms with E-state index in [1.807, 2.05) is 36.2 Å². The van der Waals surface area contributed by atoms with Gasteiger partial charge in [0.1, 0.15) is 6.33 Å². The molecule has 0 radical (unpaired) electrons. The van der Waals surface area contributed by atoms with E-state index < -0.39 is 0 Å². The summed E-state index contributed by atoms with van der Waals surface area (Å²) in [4.78, 5) is 18.8. The Balaban J connectivity index is 1.66. The van der Waals surface area contributed by atoms with Crippen LogP contribution in [0.25, 0.3) is 0 Å². The van der Waals surface area contributed by atoms with E-state index in [-0.39, 0.29) is 5.91 Å². The Morgan fingerprint density at radius 3 is 2.87 bits per heavy atom. The van der Waals surface area contributed by atoms with Gasteiger partial charge in [0.25, 0.3) is 5.91 Å². The number of rotatable bonds is 6. The monoisotopic (exact) mass is 330 g/mol. The highest BCUT2D eigenvalue weighted by atomic mass is 32.2. The van der Waals surface area contributed by atoms with Crippen molar-refractivity contribution in [3.63, 3.8) is 0 Å². The van der Waals surface area contributed by atoms with Gasteiger partial charge in [-0.15, -0.1) is 0 Å². The van der Waals surface area contributed by atoms with Crippen molar-refractivity contribution in [2.75, 3.05) is 13.6 Å². The molecule has 0 saturated heterocycles. The number of H-pyrrole nitrogens is 1. The van der Waals surface area contributed by atoms with E-state index in [1.54, 1.807) is 11.8 Å². The van der Waals surface area contributed by atoms with Crippen LogP contribution in [0.5, 0.6) is 0 Å². The third-order valence-corrected chi connectivity index (χ3v) is 5.28. The zero-order valence-electron chi connectivity index (χ0n) is 13.4. The molecule has 1 aromatic heterocycles. The second kappa shape index (κ2) is 7.64. The van der Waals surface area contributed by atoms with Gasteiger partial charge in [0.2, 0.25) is 0 Å². The van der Waals surface area contributed by atoms with E-state index in [2.05, 4.69) is 15.2 Å². The lowest BCUT2D eigenvalue weighted by Crippen LogP contribution is -2.31. The first kappa shape index (κ1) is 16.1. The minimum absolute atomic E-state index is 0.116. The van der Waals surface area contributed by atoms with Crippen LogP contribution >= 0.6 is 11.8 Å². The van der Waals surface area contributed by atoms with Crippen LogP contribution in [0.4, 0.5) is 0 Å². The first-order valence-electron chi connectivity index (χ1n) is 8.05. The van der Waals surface area contributed by atoms with Gasteiger partial charge in [0.05, 0.1) is 0 Å². The Morgan fingerprint density at radius 2 is 2.13 bits per heavy atom. The highest BCUT2D eigenvalue weighted by molar-refractivity contribution is 7.98. The number of nitrogens with zero attached hydrogens (tertiary/aromatic N) is 3. The van der Waals surface area contributed by atoms with E-state index in [4.69, 9.17) is 0 Å². The number of benzene rings is 1. The van der Waals surface area contributed by atoms with Gasteiger partial charge in [0.15, 0.2) is 5.16 Å². The van der Waals surface area contributed by atoms with Crippen molar-refractivity contribution in [3.8, 4) is 0 Å². The van der Waals surface area contributed by atoms with Crippen molar-refractivity contribution in [3.05, 3.63) is 41.7 Å². The lowest BCUT2D eigenvalue weighted by Gasteiger charge is -2.22. The molecule has 1 aliphatic rings. The van der Waals surface area contributed by atoms with Crippen LogP contribution in [0, 0.1) is 5.92 Å². The number of carbonyl (C=O) groups is 1. The molecular formula is C17H22N4OS. The van der Waals surface area contributed by atoms with Crippen molar-refractivity contribution < 1.29 is 4.79 Å². The lowest BCUT2D eigenvalue weighted by atomic mass is 10.1. The first-order chi connectivity index (χ1) is 11.2. The standard InChI is InChI=1S/C17H22N4OS/c1-21(10-13-6-2-3-7-13)16(22)15-9-5-4-8-14(15)11-23-17-18-12-19-20-17/h4-5,8-9,12-13H,2-3,6-7,10-11H2,1H3,(H,18,19,20). The minimum atomic E-state index is 0.116. The predicted octanol–water partition coefficient (Wildman–Crippen LogP) is 3.36. The van der Waals surface area contributed by atoms with Crippen molar-refractivity contribution in [1.82, 2.24) is 20.1 Å². The van der Waals surface area contributed by atoms with E-state index >= 15 is 0 Å². The maximum atomic E-state index is 12.8. The number of hydrogen-bond donors (Lipinski definition) is 1. The van der Waals surface area contributed by atoms with Gasteiger partial charge in [-0.1, -0.05) is 42.8 Å². The van der Waals surface area contributed by atoms with Crippen molar-refractivity contribution >= 4 is 17.7 Å². The van der Waals surface area contributed by atoms with Gasteiger partial charge in [-0.25, -0.2) is 4.98 Å². The molecule has 0 spiro atoms. The smallest absolute Gasteiger partial charge is 0.253 e. The molecule has 0 atom stereocenters. The van der Waals surface area contributed by atoms with Crippen LogP contribution in [0.3, 0.4) is 0 Å². The molecule has 3 rings (SSSR count). The second-order valence-corrected chi connectivity index (χ2v) is 7.04. The quantitative estimate of drug-likeness (QED) is 0.825. The summed E-state index contributed by atoms with van der Waals surface area (Å²) in [6, 6.07) is 7.84. The van der Waals surface area contributed by atoms with E-state index in [0.29, 0.717) is 11.7 Å². The van der Waals surface area contributed by atoms with Gasteiger partial charge in [-0.2, -0.15) is 5.10 Å². The van der Waals surface area contributed by atoms with Crippen LogP contribution in [0.15, 0.2) is 35.7 Å². The fourth-order valence-corrected chi connectivity index (χ4v) is 3.92. The van der Waals surface area contributed by atoms with Crippen molar-refractivity contribution in [2.45, 2.75) is 36.6 Å². The second-order valence-electron chi connectivity index (χ2n) is 6.07. The van der Waals surface area contributed by atoms with Crippen LogP contribution in [0.2, 0.25) is 0 Å². The molecule has 1 aromatic carbocycles. The van der Waals surface area contributed by atoms with Crippen LogP contribution < -0.4 is 0 Å². The van der Waals surface area contributed by atoms with Gasteiger partial charge in [-0.3, -0.25) is 9.89 Å². The van der Waals surface area contributed by atoms with E-state index in [9.17, 15) is 4.79 Å². The number of aromatic nitrogens is 3. The van der Waals surface area contributed by atoms with Crippen LogP contribution in [0.1, 0.15) is 41.6 Å². The molecule has 0 unspecified atom stereocenters. The van der Waals surface area contributed by atoms with Crippen LogP contribution in [-0.4, -0.2) is 39.6 Å². The predicted molar refractivity (Wildman–Crippen MR) is 91.3 cm³/mol. The van der Waals surface area contributed by atoms with Crippen molar-refractivity contribution in [1.29, 1.82) is 0 Å². The number of thioether (sulfide) groups is 1. The highest BCUT2D eigenvalue weighted by Gasteiger charge is 2.21. The molecule has 122 valence electrons. The third-order valence-electron chi connectivity index (χ3n) is 4.36. The summed E-state index contributed by atoms with van der Waals surface area (Å²) >= 11 is 1.56. The largest absolute Gasteiger partial charge is 0.341 e. The van der Waals surface area contributed by atoms with Gasteiger partial charge in [-0.05, 0) is 30.4 Å². The van der Waals surface area contributed by atoms with Gasteiger partial charge < -0.3 is 4.90 Å². The summed E-state index contributed by atoms with van der Waals surface area (Å²) in [6.07, 6.45) is 6.60. The Morgan fingerprint density at radius 1 is 1.35 bits per heavy atom. The Labute approximate surface area is 140 Å². The van der Waals surface area contributed by atoms with Crippen molar-refractivity contribution in [2.24, 2.45) is 5.92 Å². The third kappa shape index (κ3) is 4.13. The minimum Gasteiger partial charge on any atom is -0.341 e. The fourth-order valence-electron chi connectivity index (χ4n) is 3.13. The molecule has 6 heteroatoms. The number of carbonyl (C=O) groups excluding carboxylic acids is 1. The van der Waals surface area contributed by atoms with Gasteiger partial charge >= 0.3 is 0 Å². The fraction of sp³-hybridized carbons (Fsp3) is 0.471. The lowest BCUT2D eigenvalue weighted by molar-refractivity contribution is 0.0772. The summed E-state index contributed by atoms with van der Waals surface area (Å²) in [5.41, 5.74) is 1.83. The SMILES string of the molecule is CN(CC1CCCC1)C(=O)c1ccccc1CSc1ncn[nH]1. The maximum absolute atomic E-state index is 12.8. The first-order valence-corrected chi connectivity index (χ1v) is 9.04. The molecule has 0 bridgehead atoms. The molecule has 2 aromatic rings. The summed E-state index contributed by atoms with van der Waals surface area (Å²) in [5.74, 6) is 1.49. The topological polar surface area (TPSA) is 61.9 Å². The Kier molecular flexibility index (Phi) is 5.33. The Bertz CT molecular complexity index is 638. The summed E-state index contributed by atoms with van der Waals surface area (Å²) in [6.45, 7) is 0.864. The number of aromatic amines is 1. The zero-order valence-corrected chi connectivity index (χ0v) is 14.2. The molecule has 1 aliphatic carbocycles. The number of nitrogens with one attached hydrogen (secondary N) is 1. The average molecular weight is 330 g/mol. The van der Waals surface area contributed by atoms with E-state index in [1.165, 1.54) is 32.0 Å². The highest BCUT2D eigenvalue weighted by Crippen LogP contribution is 2.26. The molecule has 1 saturated carbocycles. The Hall–Kier alpha value is -1.82.